The molecule has 0 unspecified atom stereocenters. The Morgan fingerprint density at radius 1 is 0.875 bits per heavy atom. The van der Waals surface area contributed by atoms with Crippen LogP contribution in [-0.4, -0.2) is 11.9 Å². The van der Waals surface area contributed by atoms with Gasteiger partial charge in [-0.25, -0.2) is 0 Å². The lowest BCUT2D eigenvalue weighted by atomic mass is 10.1. The summed E-state index contributed by atoms with van der Waals surface area (Å²) in [5.74, 6) is 0.222. The molecule has 0 aromatic heterocycles. The van der Waals surface area contributed by atoms with Gasteiger partial charge in [0, 0.05) is 26.7 Å². The lowest BCUT2D eigenvalue weighted by Crippen LogP contribution is -1.99. The molecule has 4 nitrogen and oxygen atoms in total. The molecule has 0 spiro atoms. The quantitative estimate of drug-likeness (QED) is 0.380. The summed E-state index contributed by atoms with van der Waals surface area (Å²) >= 11 is 0. The summed E-state index contributed by atoms with van der Waals surface area (Å²) in [5.41, 5.74) is 0. The van der Waals surface area contributed by atoms with Gasteiger partial charge >= 0.3 is 11.9 Å². The number of allylic oxidation sites excluding steroid dienone is 2. The fourth-order valence-electron chi connectivity index (χ4n) is 1.15. The Balaban J connectivity index is 3.53. The molecule has 0 aliphatic carbocycles. The predicted octanol–water partition coefficient (Wildman–Crippen LogP) is 2.70. The summed E-state index contributed by atoms with van der Waals surface area (Å²) in [4.78, 5) is 21.1. The average molecular weight is 226 g/mol. The molecule has 90 valence electrons. The number of carbonyl (C=O) groups excluding carboxylic acids is 2. The number of esters is 2. The molecule has 0 bridgehead atoms. The highest BCUT2D eigenvalue weighted by Gasteiger charge is 2.02. The highest BCUT2D eigenvalue weighted by Crippen LogP contribution is 2.12. The molecule has 0 aromatic carbocycles. The molecule has 0 N–H and O–H groups in total. The van der Waals surface area contributed by atoms with Gasteiger partial charge in [-0.1, -0.05) is 13.2 Å². The summed E-state index contributed by atoms with van der Waals surface area (Å²) in [6.45, 7) is 9.90. The highest BCUT2D eigenvalue weighted by molar-refractivity contribution is 5.67. The summed E-state index contributed by atoms with van der Waals surface area (Å²) in [6, 6.07) is 0. The minimum atomic E-state index is -0.352. The van der Waals surface area contributed by atoms with Gasteiger partial charge in [-0.3, -0.25) is 9.59 Å². The standard InChI is InChI=1S/C12H18O4/c1-9(15-11(3)13)7-5-6-8-10(2)16-12(4)14/h1-2,5-8H2,3-4H3. The maximum Gasteiger partial charge on any atom is 0.307 e. The van der Waals surface area contributed by atoms with E-state index in [9.17, 15) is 9.59 Å². The number of hydrogen-bond donors (Lipinski definition) is 0. The van der Waals surface area contributed by atoms with E-state index < -0.39 is 0 Å². The minimum Gasteiger partial charge on any atom is -0.432 e. The molecule has 0 saturated heterocycles. The van der Waals surface area contributed by atoms with Gasteiger partial charge in [0.15, 0.2) is 0 Å². The smallest absolute Gasteiger partial charge is 0.307 e. The Morgan fingerprint density at radius 2 is 1.19 bits per heavy atom. The van der Waals surface area contributed by atoms with Gasteiger partial charge in [0.2, 0.25) is 0 Å². The Bertz CT molecular complexity index is 261. The van der Waals surface area contributed by atoms with Crippen LogP contribution >= 0.6 is 0 Å². The first kappa shape index (κ1) is 14.4. The van der Waals surface area contributed by atoms with Gasteiger partial charge in [0.05, 0.1) is 0 Å². The van der Waals surface area contributed by atoms with E-state index >= 15 is 0 Å². The lowest BCUT2D eigenvalue weighted by molar-refractivity contribution is -0.138. The second-order valence-corrected chi connectivity index (χ2v) is 3.47. The first-order valence-corrected chi connectivity index (χ1v) is 5.14. The zero-order valence-electron chi connectivity index (χ0n) is 9.88. The first-order valence-electron chi connectivity index (χ1n) is 5.14. The van der Waals surface area contributed by atoms with E-state index in [0.717, 1.165) is 12.8 Å². The van der Waals surface area contributed by atoms with Gasteiger partial charge < -0.3 is 9.47 Å². The van der Waals surface area contributed by atoms with Crippen LogP contribution in [0.1, 0.15) is 39.5 Å². The van der Waals surface area contributed by atoms with Crippen molar-refractivity contribution in [2.45, 2.75) is 39.5 Å². The van der Waals surface area contributed by atoms with Crippen LogP contribution in [0.15, 0.2) is 24.7 Å². The first-order chi connectivity index (χ1) is 7.41. The number of ether oxygens (including phenoxy) is 2. The second-order valence-electron chi connectivity index (χ2n) is 3.47. The maximum atomic E-state index is 10.6. The molecule has 0 saturated carbocycles. The largest absolute Gasteiger partial charge is 0.432 e. The third-order valence-electron chi connectivity index (χ3n) is 1.74. The summed E-state index contributed by atoms with van der Waals surface area (Å²) in [5, 5.41) is 0. The van der Waals surface area contributed by atoms with E-state index in [2.05, 4.69) is 13.2 Å². The predicted molar refractivity (Wildman–Crippen MR) is 60.3 cm³/mol. The molecule has 0 aromatic rings. The third-order valence-corrected chi connectivity index (χ3v) is 1.74. The zero-order chi connectivity index (χ0) is 12.6. The van der Waals surface area contributed by atoms with Gasteiger partial charge in [-0.05, 0) is 12.8 Å². The number of hydrogen-bond acceptors (Lipinski definition) is 4. The Kier molecular flexibility index (Phi) is 6.92. The molecular weight excluding hydrogens is 208 g/mol. The summed E-state index contributed by atoms with van der Waals surface area (Å²) in [6.07, 6.45) is 2.86. The Labute approximate surface area is 95.9 Å². The van der Waals surface area contributed by atoms with Crippen molar-refractivity contribution in [1.82, 2.24) is 0 Å². The van der Waals surface area contributed by atoms with Crippen LogP contribution in [0.2, 0.25) is 0 Å². The molecule has 0 rings (SSSR count). The monoisotopic (exact) mass is 226 g/mol. The second kappa shape index (κ2) is 7.68. The van der Waals surface area contributed by atoms with Crippen LogP contribution in [0, 0.1) is 0 Å². The van der Waals surface area contributed by atoms with Crippen LogP contribution in [0.5, 0.6) is 0 Å². The number of rotatable bonds is 7. The fourth-order valence-corrected chi connectivity index (χ4v) is 1.15. The van der Waals surface area contributed by atoms with Crippen molar-refractivity contribution in [1.29, 1.82) is 0 Å². The molecule has 0 atom stereocenters. The van der Waals surface area contributed by atoms with Crippen molar-refractivity contribution >= 4 is 11.9 Å². The molecular formula is C12H18O4. The van der Waals surface area contributed by atoms with E-state index in [-0.39, 0.29) is 11.9 Å². The third kappa shape index (κ3) is 8.99. The van der Waals surface area contributed by atoms with Crippen LogP contribution in [-0.2, 0) is 19.1 Å². The van der Waals surface area contributed by atoms with Gasteiger partial charge in [-0.2, -0.15) is 0 Å². The summed E-state index contributed by atoms with van der Waals surface area (Å²) < 4.78 is 9.56. The summed E-state index contributed by atoms with van der Waals surface area (Å²) in [7, 11) is 0. The Morgan fingerprint density at radius 3 is 1.44 bits per heavy atom. The van der Waals surface area contributed by atoms with Crippen molar-refractivity contribution in [2.24, 2.45) is 0 Å². The van der Waals surface area contributed by atoms with E-state index in [1.165, 1.54) is 13.8 Å². The fraction of sp³-hybridized carbons (Fsp3) is 0.500. The maximum absolute atomic E-state index is 10.6. The zero-order valence-corrected chi connectivity index (χ0v) is 9.88. The van der Waals surface area contributed by atoms with Crippen LogP contribution < -0.4 is 0 Å². The van der Waals surface area contributed by atoms with Crippen LogP contribution in [0.3, 0.4) is 0 Å². The van der Waals surface area contributed by atoms with Crippen molar-refractivity contribution in [3.8, 4) is 0 Å². The van der Waals surface area contributed by atoms with Crippen molar-refractivity contribution in [2.75, 3.05) is 0 Å². The topological polar surface area (TPSA) is 52.6 Å². The van der Waals surface area contributed by atoms with E-state index in [0.29, 0.717) is 24.4 Å². The van der Waals surface area contributed by atoms with Gasteiger partial charge in [-0.15, -0.1) is 0 Å². The van der Waals surface area contributed by atoms with E-state index in [1.54, 1.807) is 0 Å². The molecule has 0 amide bonds. The highest BCUT2D eigenvalue weighted by atomic mass is 16.5. The van der Waals surface area contributed by atoms with Gasteiger partial charge in [0.25, 0.3) is 0 Å². The number of unbranched alkanes of at least 4 members (excludes halogenated alkanes) is 1. The van der Waals surface area contributed by atoms with Gasteiger partial charge in [0.1, 0.15) is 11.5 Å². The van der Waals surface area contributed by atoms with E-state index in [1.807, 2.05) is 0 Å². The lowest BCUT2D eigenvalue weighted by Gasteiger charge is -2.06. The van der Waals surface area contributed by atoms with Crippen molar-refractivity contribution in [3.63, 3.8) is 0 Å². The Hall–Kier alpha value is -1.58. The van der Waals surface area contributed by atoms with E-state index in [4.69, 9.17) is 9.47 Å². The molecule has 0 heterocycles. The molecule has 16 heavy (non-hydrogen) atoms. The SMILES string of the molecule is C=C(CCCCC(=C)OC(C)=O)OC(C)=O. The molecule has 4 heteroatoms. The van der Waals surface area contributed by atoms with Crippen molar-refractivity contribution in [3.05, 3.63) is 24.7 Å². The molecule has 0 aliphatic rings. The normalized spacial score (nSPS) is 9.38. The average Bonchev–Trinajstić information content (AvgIpc) is 2.10. The number of carbonyl (C=O) groups is 2. The van der Waals surface area contributed by atoms with Crippen LogP contribution in [0.4, 0.5) is 0 Å². The molecule has 0 aliphatic heterocycles. The minimum absolute atomic E-state index is 0.352. The molecule has 0 fully saturated rings. The van der Waals surface area contributed by atoms with Crippen LogP contribution in [0.25, 0.3) is 0 Å². The molecule has 0 radical (unpaired) electrons. The van der Waals surface area contributed by atoms with Crippen molar-refractivity contribution < 1.29 is 19.1 Å².